The highest BCUT2D eigenvalue weighted by Gasteiger charge is 2.05. The first-order valence-corrected chi connectivity index (χ1v) is 5.80. The lowest BCUT2D eigenvalue weighted by molar-refractivity contribution is 0.104. The second-order valence-electron chi connectivity index (χ2n) is 4.11. The van der Waals surface area contributed by atoms with Gasteiger partial charge in [0, 0.05) is 5.56 Å². The molecule has 2 rings (SSSR count). The number of carbonyl (C=O) groups excluding carboxylic acids is 1. The van der Waals surface area contributed by atoms with Crippen molar-refractivity contribution in [2.45, 2.75) is 19.3 Å². The summed E-state index contributed by atoms with van der Waals surface area (Å²) in [5.41, 5.74) is 0.763. The molecule has 0 fully saturated rings. The summed E-state index contributed by atoms with van der Waals surface area (Å²) in [6.45, 7) is 0. The average Bonchev–Trinajstić information content (AvgIpc) is 2.38. The van der Waals surface area contributed by atoms with Gasteiger partial charge in [0.25, 0.3) is 0 Å². The van der Waals surface area contributed by atoms with E-state index in [1.165, 1.54) is 12.8 Å². The zero-order valence-corrected chi connectivity index (χ0v) is 9.30. The SMILES string of the molecule is O=C(/C=C/C1C=CCCC1)c1ccccc1. The largest absolute Gasteiger partial charge is 0.289 e. The molecule has 1 nitrogen and oxygen atoms in total. The lowest BCUT2D eigenvalue weighted by Gasteiger charge is -2.10. The van der Waals surface area contributed by atoms with Crippen molar-refractivity contribution >= 4 is 5.78 Å². The summed E-state index contributed by atoms with van der Waals surface area (Å²) < 4.78 is 0. The van der Waals surface area contributed by atoms with Crippen LogP contribution in [0.15, 0.2) is 54.6 Å². The van der Waals surface area contributed by atoms with E-state index in [1.807, 2.05) is 36.4 Å². The van der Waals surface area contributed by atoms with Crippen LogP contribution in [0.4, 0.5) is 0 Å². The Morgan fingerprint density at radius 3 is 2.75 bits per heavy atom. The Balaban J connectivity index is 1.99. The molecule has 1 aromatic carbocycles. The summed E-state index contributed by atoms with van der Waals surface area (Å²) >= 11 is 0. The van der Waals surface area contributed by atoms with Crippen LogP contribution >= 0.6 is 0 Å². The van der Waals surface area contributed by atoms with Gasteiger partial charge in [0.05, 0.1) is 0 Å². The third kappa shape index (κ3) is 2.93. The number of ketones is 1. The first-order valence-electron chi connectivity index (χ1n) is 5.80. The third-order valence-electron chi connectivity index (χ3n) is 2.84. The lowest BCUT2D eigenvalue weighted by atomic mass is 9.95. The Hall–Kier alpha value is -1.63. The molecule has 0 bridgehead atoms. The van der Waals surface area contributed by atoms with Crippen LogP contribution in [0.5, 0.6) is 0 Å². The molecule has 0 saturated carbocycles. The monoisotopic (exact) mass is 212 g/mol. The molecule has 0 aromatic heterocycles. The molecule has 0 aliphatic heterocycles. The van der Waals surface area contributed by atoms with Gasteiger partial charge < -0.3 is 0 Å². The van der Waals surface area contributed by atoms with Crippen molar-refractivity contribution in [1.82, 2.24) is 0 Å². The smallest absolute Gasteiger partial charge is 0.185 e. The molecule has 0 spiro atoms. The van der Waals surface area contributed by atoms with E-state index in [-0.39, 0.29) is 5.78 Å². The van der Waals surface area contributed by atoms with Crippen molar-refractivity contribution in [3.63, 3.8) is 0 Å². The first-order chi connectivity index (χ1) is 7.86. The molecule has 82 valence electrons. The van der Waals surface area contributed by atoms with E-state index >= 15 is 0 Å². The van der Waals surface area contributed by atoms with E-state index in [0.29, 0.717) is 5.92 Å². The van der Waals surface area contributed by atoms with E-state index in [4.69, 9.17) is 0 Å². The van der Waals surface area contributed by atoms with E-state index < -0.39 is 0 Å². The summed E-state index contributed by atoms with van der Waals surface area (Å²) in [5.74, 6) is 0.543. The molecular formula is C15H16O. The van der Waals surface area contributed by atoms with Crippen molar-refractivity contribution in [2.24, 2.45) is 5.92 Å². The van der Waals surface area contributed by atoms with E-state index in [0.717, 1.165) is 12.0 Å². The normalized spacial score (nSPS) is 20.1. The van der Waals surface area contributed by atoms with Crippen LogP contribution in [0.1, 0.15) is 29.6 Å². The zero-order chi connectivity index (χ0) is 11.2. The van der Waals surface area contributed by atoms with Gasteiger partial charge >= 0.3 is 0 Å². The second kappa shape index (κ2) is 5.45. The molecule has 16 heavy (non-hydrogen) atoms. The lowest BCUT2D eigenvalue weighted by Crippen LogP contribution is -1.99. The first kappa shape index (κ1) is 10.9. The number of rotatable bonds is 3. The summed E-state index contributed by atoms with van der Waals surface area (Å²) in [6.07, 6.45) is 11.7. The van der Waals surface area contributed by atoms with Gasteiger partial charge in [-0.3, -0.25) is 4.79 Å². The van der Waals surface area contributed by atoms with Crippen LogP contribution in [0.2, 0.25) is 0 Å². The van der Waals surface area contributed by atoms with E-state index in [9.17, 15) is 4.79 Å². The van der Waals surface area contributed by atoms with Crippen molar-refractivity contribution < 1.29 is 4.79 Å². The third-order valence-corrected chi connectivity index (χ3v) is 2.84. The van der Waals surface area contributed by atoms with Crippen LogP contribution in [-0.4, -0.2) is 5.78 Å². The van der Waals surface area contributed by atoms with Crippen molar-refractivity contribution in [2.75, 3.05) is 0 Å². The van der Waals surface area contributed by atoms with Gasteiger partial charge in [-0.05, 0) is 31.3 Å². The molecule has 0 heterocycles. The Morgan fingerprint density at radius 1 is 1.25 bits per heavy atom. The number of carbonyl (C=O) groups is 1. The summed E-state index contributed by atoms with van der Waals surface area (Å²) in [4.78, 5) is 11.8. The summed E-state index contributed by atoms with van der Waals surface area (Å²) in [5, 5.41) is 0. The fraction of sp³-hybridized carbons (Fsp3) is 0.267. The minimum Gasteiger partial charge on any atom is -0.289 e. The van der Waals surface area contributed by atoms with E-state index in [2.05, 4.69) is 12.2 Å². The Kier molecular flexibility index (Phi) is 3.71. The number of hydrogen-bond donors (Lipinski definition) is 0. The number of hydrogen-bond acceptors (Lipinski definition) is 1. The van der Waals surface area contributed by atoms with Crippen LogP contribution in [-0.2, 0) is 0 Å². The van der Waals surface area contributed by atoms with Crippen LogP contribution in [0.25, 0.3) is 0 Å². The van der Waals surface area contributed by atoms with Gasteiger partial charge in [-0.15, -0.1) is 0 Å². The fourth-order valence-electron chi connectivity index (χ4n) is 1.91. The number of benzene rings is 1. The highest BCUT2D eigenvalue weighted by molar-refractivity contribution is 6.04. The molecule has 1 unspecified atom stereocenters. The molecule has 0 amide bonds. The van der Waals surface area contributed by atoms with Gasteiger partial charge in [0.2, 0.25) is 0 Å². The maximum absolute atomic E-state index is 11.8. The molecule has 1 heteroatoms. The van der Waals surface area contributed by atoms with Gasteiger partial charge in [0.1, 0.15) is 0 Å². The number of allylic oxidation sites excluding steroid dienone is 4. The van der Waals surface area contributed by atoms with E-state index in [1.54, 1.807) is 6.08 Å². The Bertz CT molecular complexity index is 401. The highest BCUT2D eigenvalue weighted by Crippen LogP contribution is 2.18. The maximum atomic E-state index is 11.8. The predicted molar refractivity (Wildman–Crippen MR) is 66.4 cm³/mol. The minimum absolute atomic E-state index is 0.0968. The van der Waals surface area contributed by atoms with Crippen molar-refractivity contribution in [1.29, 1.82) is 0 Å². The topological polar surface area (TPSA) is 17.1 Å². The Morgan fingerprint density at radius 2 is 2.06 bits per heavy atom. The van der Waals surface area contributed by atoms with Crippen LogP contribution < -0.4 is 0 Å². The van der Waals surface area contributed by atoms with Crippen LogP contribution in [0.3, 0.4) is 0 Å². The minimum atomic E-state index is 0.0968. The van der Waals surface area contributed by atoms with Gasteiger partial charge in [0.15, 0.2) is 5.78 Å². The summed E-state index contributed by atoms with van der Waals surface area (Å²) in [6, 6.07) is 9.40. The molecule has 1 aliphatic rings. The van der Waals surface area contributed by atoms with Gasteiger partial charge in [-0.1, -0.05) is 48.6 Å². The molecule has 0 radical (unpaired) electrons. The standard InChI is InChI=1S/C15H16O/c16-15(14-9-5-2-6-10-14)12-11-13-7-3-1-4-8-13/h2-3,5-7,9-13H,1,4,8H2/b12-11+. The average molecular weight is 212 g/mol. The van der Waals surface area contributed by atoms with Crippen molar-refractivity contribution in [3.05, 3.63) is 60.2 Å². The van der Waals surface area contributed by atoms with Crippen molar-refractivity contribution in [3.8, 4) is 0 Å². The van der Waals surface area contributed by atoms with Gasteiger partial charge in [-0.25, -0.2) is 0 Å². The predicted octanol–water partition coefficient (Wildman–Crippen LogP) is 3.78. The Labute approximate surface area is 96.5 Å². The summed E-state index contributed by atoms with van der Waals surface area (Å²) in [7, 11) is 0. The quantitative estimate of drug-likeness (QED) is 0.423. The molecule has 1 aromatic rings. The molecule has 1 atom stereocenters. The molecule has 0 N–H and O–H groups in total. The molecule has 0 saturated heterocycles. The fourth-order valence-corrected chi connectivity index (χ4v) is 1.91. The van der Waals surface area contributed by atoms with Crippen LogP contribution in [0, 0.1) is 5.92 Å². The highest BCUT2D eigenvalue weighted by atomic mass is 16.1. The second-order valence-corrected chi connectivity index (χ2v) is 4.11. The van der Waals surface area contributed by atoms with Gasteiger partial charge in [-0.2, -0.15) is 0 Å². The maximum Gasteiger partial charge on any atom is 0.185 e. The zero-order valence-electron chi connectivity index (χ0n) is 9.30. The molecular weight excluding hydrogens is 196 g/mol. The molecule has 1 aliphatic carbocycles.